The highest BCUT2D eigenvalue weighted by atomic mass is 16.5. The molecular formula is C15H14N2O3. The summed E-state index contributed by atoms with van der Waals surface area (Å²) < 4.78 is 0. The molecule has 0 radical (unpaired) electrons. The highest BCUT2D eigenvalue weighted by Gasteiger charge is 2.14. The van der Waals surface area contributed by atoms with Crippen molar-refractivity contribution >= 4 is 11.8 Å². The second-order valence-corrected chi connectivity index (χ2v) is 4.43. The number of carbonyl (C=O) groups is 2. The minimum atomic E-state index is -0.691. The molecule has 2 rings (SSSR count). The molecule has 0 aliphatic carbocycles. The molecule has 0 aromatic heterocycles. The number of hydrogen-bond acceptors (Lipinski definition) is 3. The van der Waals surface area contributed by atoms with Gasteiger partial charge in [0, 0.05) is 5.56 Å². The van der Waals surface area contributed by atoms with Crippen LogP contribution in [0.5, 0.6) is 0 Å². The fraction of sp³-hybridized carbons (Fsp3) is 0.0667. The molecule has 0 spiro atoms. The minimum absolute atomic E-state index is 0.188. The normalized spacial score (nSPS) is 10.1. The van der Waals surface area contributed by atoms with Crippen LogP contribution in [-0.2, 0) is 0 Å². The van der Waals surface area contributed by atoms with Crippen molar-refractivity contribution in [2.24, 2.45) is 5.73 Å². The molecule has 0 saturated carbocycles. The van der Waals surface area contributed by atoms with E-state index in [0.29, 0.717) is 5.56 Å². The van der Waals surface area contributed by atoms with Crippen molar-refractivity contribution in [2.45, 2.75) is 6.92 Å². The number of primary amides is 1. The van der Waals surface area contributed by atoms with Gasteiger partial charge in [-0.05, 0) is 30.2 Å². The van der Waals surface area contributed by atoms with Crippen LogP contribution in [0.1, 0.15) is 26.3 Å². The average molecular weight is 270 g/mol. The molecule has 20 heavy (non-hydrogen) atoms. The lowest BCUT2D eigenvalue weighted by Gasteiger charge is -2.10. The third kappa shape index (κ3) is 2.67. The number of carbonyl (C=O) groups excluding carboxylic acids is 2. The molecule has 5 heteroatoms. The van der Waals surface area contributed by atoms with Gasteiger partial charge in [-0.2, -0.15) is 0 Å². The first-order valence-electron chi connectivity index (χ1n) is 5.98. The summed E-state index contributed by atoms with van der Waals surface area (Å²) in [7, 11) is 0. The first-order chi connectivity index (χ1) is 9.52. The Balaban J connectivity index is 2.59. The van der Waals surface area contributed by atoms with Crippen LogP contribution in [0.25, 0.3) is 11.1 Å². The number of rotatable bonds is 3. The summed E-state index contributed by atoms with van der Waals surface area (Å²) in [4.78, 5) is 22.9. The fourth-order valence-corrected chi connectivity index (χ4v) is 1.93. The SMILES string of the molecule is Cc1ccc(-c2ccc(C(N)=O)cc2C(=O)NO)cc1. The third-order valence-corrected chi connectivity index (χ3v) is 3.01. The van der Waals surface area contributed by atoms with E-state index in [0.717, 1.165) is 11.1 Å². The number of nitrogens with two attached hydrogens (primary N) is 1. The van der Waals surface area contributed by atoms with Crippen LogP contribution in [0.15, 0.2) is 42.5 Å². The summed E-state index contributed by atoms with van der Waals surface area (Å²) in [6, 6.07) is 12.1. The first kappa shape index (κ1) is 13.8. The highest BCUT2D eigenvalue weighted by molar-refractivity contribution is 6.03. The van der Waals surface area contributed by atoms with Gasteiger partial charge >= 0.3 is 0 Å². The van der Waals surface area contributed by atoms with Crippen LogP contribution in [0.4, 0.5) is 0 Å². The lowest BCUT2D eigenvalue weighted by atomic mass is 9.96. The van der Waals surface area contributed by atoms with Crippen LogP contribution in [0, 0.1) is 6.92 Å². The van der Waals surface area contributed by atoms with Gasteiger partial charge in [0.15, 0.2) is 0 Å². The summed E-state index contributed by atoms with van der Waals surface area (Å²) in [5, 5.41) is 8.82. The largest absolute Gasteiger partial charge is 0.366 e. The average Bonchev–Trinajstić information content (AvgIpc) is 2.46. The van der Waals surface area contributed by atoms with Crippen molar-refractivity contribution in [1.82, 2.24) is 5.48 Å². The lowest BCUT2D eigenvalue weighted by molar-refractivity contribution is 0.0707. The van der Waals surface area contributed by atoms with Crippen LogP contribution in [-0.4, -0.2) is 17.0 Å². The number of amides is 2. The van der Waals surface area contributed by atoms with Crippen LogP contribution < -0.4 is 11.2 Å². The van der Waals surface area contributed by atoms with E-state index in [4.69, 9.17) is 10.9 Å². The van der Waals surface area contributed by atoms with Gasteiger partial charge < -0.3 is 5.73 Å². The van der Waals surface area contributed by atoms with Crippen molar-refractivity contribution < 1.29 is 14.8 Å². The van der Waals surface area contributed by atoms with Crippen molar-refractivity contribution in [3.8, 4) is 11.1 Å². The second kappa shape index (κ2) is 5.54. The van der Waals surface area contributed by atoms with E-state index in [2.05, 4.69) is 0 Å². The molecule has 5 nitrogen and oxygen atoms in total. The molecule has 0 aliphatic rings. The number of hydrogen-bond donors (Lipinski definition) is 3. The number of hydroxylamine groups is 1. The number of nitrogens with one attached hydrogen (secondary N) is 1. The number of benzene rings is 2. The Morgan fingerprint density at radius 1 is 1.10 bits per heavy atom. The van der Waals surface area contributed by atoms with Gasteiger partial charge in [0.2, 0.25) is 5.91 Å². The van der Waals surface area contributed by atoms with Crippen LogP contribution in [0.3, 0.4) is 0 Å². The topological polar surface area (TPSA) is 92.4 Å². The molecule has 4 N–H and O–H groups in total. The molecule has 102 valence electrons. The lowest BCUT2D eigenvalue weighted by Crippen LogP contribution is -2.21. The standard InChI is InChI=1S/C15H14N2O3/c1-9-2-4-10(5-3-9)12-7-6-11(14(16)18)8-13(12)15(19)17-20/h2-8,20H,1H3,(H2,16,18)(H,17,19). The Labute approximate surface area is 116 Å². The van der Waals surface area contributed by atoms with E-state index in [1.165, 1.54) is 6.07 Å². The van der Waals surface area contributed by atoms with E-state index in [-0.39, 0.29) is 11.1 Å². The Kier molecular flexibility index (Phi) is 3.81. The van der Waals surface area contributed by atoms with Gasteiger partial charge in [0.25, 0.3) is 5.91 Å². The maximum absolute atomic E-state index is 11.7. The van der Waals surface area contributed by atoms with Gasteiger partial charge in [-0.1, -0.05) is 35.9 Å². The molecule has 0 unspecified atom stereocenters. The van der Waals surface area contributed by atoms with Crippen LogP contribution >= 0.6 is 0 Å². The molecule has 0 fully saturated rings. The van der Waals surface area contributed by atoms with Crippen molar-refractivity contribution in [3.63, 3.8) is 0 Å². The summed E-state index contributed by atoms with van der Waals surface area (Å²) >= 11 is 0. The Bertz CT molecular complexity index is 663. The van der Waals surface area contributed by atoms with Crippen molar-refractivity contribution in [3.05, 3.63) is 59.2 Å². The Hall–Kier alpha value is -2.66. The van der Waals surface area contributed by atoms with Crippen LogP contribution in [0.2, 0.25) is 0 Å². The van der Waals surface area contributed by atoms with Gasteiger partial charge in [0.1, 0.15) is 0 Å². The maximum Gasteiger partial charge on any atom is 0.275 e. The summed E-state index contributed by atoms with van der Waals surface area (Å²) in [5.74, 6) is -1.32. The molecule has 0 heterocycles. The predicted molar refractivity (Wildman–Crippen MR) is 74.4 cm³/mol. The van der Waals surface area contributed by atoms with Crippen molar-refractivity contribution in [1.29, 1.82) is 0 Å². The predicted octanol–water partition coefficient (Wildman–Crippen LogP) is 1.88. The number of aryl methyl sites for hydroxylation is 1. The summed E-state index contributed by atoms with van der Waals surface area (Å²) in [5.41, 5.74) is 9.69. The first-order valence-corrected chi connectivity index (χ1v) is 5.98. The zero-order valence-electron chi connectivity index (χ0n) is 10.9. The Morgan fingerprint density at radius 3 is 2.30 bits per heavy atom. The molecule has 2 aromatic carbocycles. The summed E-state index contributed by atoms with van der Waals surface area (Å²) in [6.45, 7) is 1.96. The molecule has 0 bridgehead atoms. The fourth-order valence-electron chi connectivity index (χ4n) is 1.93. The van der Waals surface area contributed by atoms with Gasteiger partial charge in [-0.3, -0.25) is 14.8 Å². The molecular weight excluding hydrogens is 256 g/mol. The molecule has 2 amide bonds. The van der Waals surface area contributed by atoms with E-state index < -0.39 is 11.8 Å². The quantitative estimate of drug-likeness (QED) is 0.587. The highest BCUT2D eigenvalue weighted by Crippen LogP contribution is 2.25. The molecule has 0 atom stereocenters. The molecule has 2 aromatic rings. The van der Waals surface area contributed by atoms with E-state index in [9.17, 15) is 9.59 Å². The van der Waals surface area contributed by atoms with E-state index in [1.807, 2.05) is 31.2 Å². The monoisotopic (exact) mass is 270 g/mol. The molecule has 0 saturated heterocycles. The minimum Gasteiger partial charge on any atom is -0.366 e. The Morgan fingerprint density at radius 2 is 1.75 bits per heavy atom. The maximum atomic E-state index is 11.7. The summed E-state index contributed by atoms with van der Waals surface area (Å²) in [6.07, 6.45) is 0. The van der Waals surface area contributed by atoms with Gasteiger partial charge in [-0.15, -0.1) is 0 Å². The zero-order valence-corrected chi connectivity index (χ0v) is 10.9. The van der Waals surface area contributed by atoms with Crippen molar-refractivity contribution in [2.75, 3.05) is 0 Å². The van der Waals surface area contributed by atoms with E-state index in [1.54, 1.807) is 17.6 Å². The van der Waals surface area contributed by atoms with E-state index >= 15 is 0 Å². The third-order valence-electron chi connectivity index (χ3n) is 3.01. The van der Waals surface area contributed by atoms with Gasteiger partial charge in [0.05, 0.1) is 5.56 Å². The van der Waals surface area contributed by atoms with Gasteiger partial charge in [-0.25, -0.2) is 5.48 Å². The smallest absolute Gasteiger partial charge is 0.275 e. The molecule has 0 aliphatic heterocycles. The second-order valence-electron chi connectivity index (χ2n) is 4.43. The zero-order chi connectivity index (χ0) is 14.7.